The molecule has 2 aromatic carbocycles. The Morgan fingerprint density at radius 2 is 1.86 bits per heavy atom. The van der Waals surface area contributed by atoms with Gasteiger partial charge in [-0.25, -0.2) is 0 Å². The Hall–Kier alpha value is -2.73. The lowest BCUT2D eigenvalue weighted by Gasteiger charge is -2.37. The maximum Gasteiger partial charge on any atom is 0.224 e. The van der Waals surface area contributed by atoms with Gasteiger partial charge in [0.25, 0.3) is 0 Å². The van der Waals surface area contributed by atoms with E-state index >= 15 is 0 Å². The van der Waals surface area contributed by atoms with Gasteiger partial charge in [-0.05, 0) is 73.1 Å². The van der Waals surface area contributed by atoms with E-state index in [9.17, 15) is 4.79 Å². The fourth-order valence-corrected chi connectivity index (χ4v) is 5.36. The summed E-state index contributed by atoms with van der Waals surface area (Å²) in [5.41, 5.74) is 4.03. The van der Waals surface area contributed by atoms with Gasteiger partial charge >= 0.3 is 0 Å². The Bertz CT molecular complexity index is 993. The highest BCUT2D eigenvalue weighted by Crippen LogP contribution is 2.31. The number of hydrogen-bond donors (Lipinski definition) is 1. The van der Waals surface area contributed by atoms with Crippen LogP contribution in [0.1, 0.15) is 49.3 Å². The van der Waals surface area contributed by atoms with Crippen molar-refractivity contribution in [2.45, 2.75) is 52.0 Å². The molecule has 1 aliphatic heterocycles. The fraction of sp³-hybridized carbons (Fsp3) is 0.552. The number of piperidine rings is 1. The summed E-state index contributed by atoms with van der Waals surface area (Å²) in [5, 5.41) is 3.15. The van der Waals surface area contributed by atoms with Crippen molar-refractivity contribution in [1.29, 1.82) is 0 Å². The highest BCUT2D eigenvalue weighted by Gasteiger charge is 2.32. The Kier molecular flexibility index (Phi) is 8.91. The van der Waals surface area contributed by atoms with Crippen molar-refractivity contribution in [3.63, 3.8) is 0 Å². The summed E-state index contributed by atoms with van der Waals surface area (Å²) < 4.78 is 17.1. The van der Waals surface area contributed by atoms with Crippen LogP contribution in [0.25, 0.3) is 0 Å². The average Bonchev–Trinajstić information content (AvgIpc) is 3.35. The minimum atomic E-state index is -0.0330. The molecule has 2 atom stereocenters. The van der Waals surface area contributed by atoms with Crippen molar-refractivity contribution in [1.82, 2.24) is 10.2 Å². The van der Waals surface area contributed by atoms with Crippen LogP contribution in [0.3, 0.4) is 0 Å². The lowest BCUT2D eigenvalue weighted by Crippen LogP contribution is -2.47. The van der Waals surface area contributed by atoms with Crippen molar-refractivity contribution < 1.29 is 19.0 Å². The number of likely N-dealkylation sites (tertiary alicyclic amines) is 1. The monoisotopic (exact) mass is 480 g/mol. The first-order valence-corrected chi connectivity index (χ1v) is 13.0. The second kappa shape index (κ2) is 12.3. The molecule has 1 amide bonds. The van der Waals surface area contributed by atoms with Crippen molar-refractivity contribution >= 4 is 5.91 Å². The number of carbonyl (C=O) groups is 1. The summed E-state index contributed by atoms with van der Waals surface area (Å²) in [5.74, 6) is 2.83. The smallest absolute Gasteiger partial charge is 0.224 e. The lowest BCUT2D eigenvalue weighted by atomic mass is 9.88. The summed E-state index contributed by atoms with van der Waals surface area (Å²) in [6.45, 7) is 5.93. The molecule has 2 aliphatic rings. The number of amides is 1. The highest BCUT2D eigenvalue weighted by atomic mass is 16.5. The number of ether oxygens (including phenoxy) is 3. The van der Waals surface area contributed by atoms with E-state index in [0.717, 1.165) is 74.7 Å². The average molecular weight is 481 g/mol. The number of fused-ring (bicyclic) bond motifs is 1. The Morgan fingerprint density at radius 1 is 1.03 bits per heavy atom. The molecular weight excluding hydrogens is 440 g/mol. The minimum Gasteiger partial charge on any atom is -0.493 e. The molecule has 2 aromatic rings. The van der Waals surface area contributed by atoms with Gasteiger partial charge in [0.05, 0.1) is 26.7 Å². The van der Waals surface area contributed by atoms with Crippen LogP contribution in [-0.4, -0.2) is 51.3 Å². The molecule has 0 saturated carbocycles. The molecule has 6 heteroatoms. The molecule has 0 bridgehead atoms. The topological polar surface area (TPSA) is 60.0 Å². The maximum absolute atomic E-state index is 13.0. The Morgan fingerprint density at radius 3 is 2.66 bits per heavy atom. The van der Waals surface area contributed by atoms with Gasteiger partial charge in [-0.1, -0.05) is 25.5 Å². The number of methoxy groups -OCH3 is 2. The van der Waals surface area contributed by atoms with E-state index in [2.05, 4.69) is 41.4 Å². The van der Waals surface area contributed by atoms with Crippen LogP contribution in [-0.2, 0) is 24.2 Å². The van der Waals surface area contributed by atoms with E-state index in [4.69, 9.17) is 14.2 Å². The Labute approximate surface area is 209 Å². The zero-order valence-corrected chi connectivity index (χ0v) is 21.5. The van der Waals surface area contributed by atoms with E-state index in [0.29, 0.717) is 12.5 Å². The van der Waals surface area contributed by atoms with Crippen molar-refractivity contribution in [3.8, 4) is 17.2 Å². The number of nitrogens with zero attached hydrogens (tertiary/aromatic N) is 1. The number of carbonyl (C=O) groups excluding carboxylic acids is 1. The number of hydrogen-bond acceptors (Lipinski definition) is 5. The van der Waals surface area contributed by atoms with Gasteiger partial charge < -0.3 is 19.5 Å². The molecule has 0 unspecified atom stereocenters. The van der Waals surface area contributed by atoms with Gasteiger partial charge in [0.1, 0.15) is 5.75 Å². The maximum atomic E-state index is 13.0. The number of rotatable bonds is 11. The number of aryl methyl sites for hydroxylation is 2. The predicted molar refractivity (Wildman–Crippen MR) is 138 cm³/mol. The highest BCUT2D eigenvalue weighted by molar-refractivity contribution is 5.79. The summed E-state index contributed by atoms with van der Waals surface area (Å²) >= 11 is 0. The second-order valence-electron chi connectivity index (χ2n) is 9.92. The molecule has 0 spiro atoms. The molecule has 1 fully saturated rings. The Balaban J connectivity index is 1.43. The SMILES string of the molecule is CCCCNC(=O)[C@@H]1C[C@H](COc2ccc3c(c2)CCC3)CN(Cc2ccc(OC)c(OC)c2)C1. The first-order chi connectivity index (χ1) is 17.1. The molecule has 1 aliphatic carbocycles. The van der Waals surface area contributed by atoms with E-state index in [-0.39, 0.29) is 11.8 Å². The molecule has 6 nitrogen and oxygen atoms in total. The quantitative estimate of drug-likeness (QED) is 0.476. The van der Waals surface area contributed by atoms with Gasteiger partial charge in [-0.3, -0.25) is 9.69 Å². The molecule has 1 saturated heterocycles. The van der Waals surface area contributed by atoms with Crippen LogP contribution in [0.2, 0.25) is 0 Å². The first kappa shape index (κ1) is 25.4. The van der Waals surface area contributed by atoms with Gasteiger partial charge in [-0.15, -0.1) is 0 Å². The summed E-state index contributed by atoms with van der Waals surface area (Å²) in [7, 11) is 3.31. The normalized spacial score (nSPS) is 19.7. The molecule has 0 radical (unpaired) electrons. The van der Waals surface area contributed by atoms with Crippen LogP contribution in [0.4, 0.5) is 0 Å². The second-order valence-corrected chi connectivity index (χ2v) is 9.92. The molecular formula is C29H40N2O4. The zero-order valence-electron chi connectivity index (χ0n) is 21.5. The van der Waals surface area contributed by atoms with E-state index in [1.165, 1.54) is 24.0 Å². The summed E-state index contributed by atoms with van der Waals surface area (Å²) in [6.07, 6.45) is 6.51. The van der Waals surface area contributed by atoms with Gasteiger partial charge in [0, 0.05) is 32.1 Å². The third-order valence-corrected chi connectivity index (χ3v) is 7.22. The minimum absolute atomic E-state index is 0.0330. The predicted octanol–water partition coefficient (Wildman–Crippen LogP) is 4.63. The fourth-order valence-electron chi connectivity index (χ4n) is 5.36. The van der Waals surface area contributed by atoms with Crippen molar-refractivity contribution in [2.75, 3.05) is 40.5 Å². The largest absolute Gasteiger partial charge is 0.493 e. The van der Waals surface area contributed by atoms with E-state index in [1.807, 2.05) is 12.1 Å². The molecule has 35 heavy (non-hydrogen) atoms. The van der Waals surface area contributed by atoms with Crippen LogP contribution >= 0.6 is 0 Å². The van der Waals surface area contributed by atoms with Crippen LogP contribution in [0.15, 0.2) is 36.4 Å². The summed E-state index contributed by atoms with van der Waals surface area (Å²) in [6, 6.07) is 12.6. The van der Waals surface area contributed by atoms with Crippen molar-refractivity contribution in [2.24, 2.45) is 11.8 Å². The zero-order chi connectivity index (χ0) is 24.6. The standard InChI is InChI=1S/C29H40N2O4/c1-4-5-13-30-29(32)25-14-22(20-35-26-11-10-23-7-6-8-24(23)16-26)18-31(19-25)17-21-9-12-27(33-2)28(15-21)34-3/h9-12,15-16,22,25H,4-8,13-14,17-20H2,1-3H3,(H,30,32)/t22-,25+/m0/s1. The van der Waals surface area contributed by atoms with Crippen LogP contribution in [0, 0.1) is 11.8 Å². The molecule has 190 valence electrons. The van der Waals surface area contributed by atoms with Gasteiger partial charge in [-0.2, -0.15) is 0 Å². The third-order valence-electron chi connectivity index (χ3n) is 7.22. The van der Waals surface area contributed by atoms with Crippen molar-refractivity contribution in [3.05, 3.63) is 53.1 Å². The summed E-state index contributed by atoms with van der Waals surface area (Å²) in [4.78, 5) is 15.4. The number of benzene rings is 2. The molecule has 1 N–H and O–H groups in total. The van der Waals surface area contributed by atoms with Crippen LogP contribution < -0.4 is 19.5 Å². The van der Waals surface area contributed by atoms with Gasteiger partial charge in [0.15, 0.2) is 11.5 Å². The third kappa shape index (κ3) is 6.69. The lowest BCUT2D eigenvalue weighted by molar-refractivity contribution is -0.127. The van der Waals surface area contributed by atoms with E-state index < -0.39 is 0 Å². The van der Waals surface area contributed by atoms with Crippen LogP contribution in [0.5, 0.6) is 17.2 Å². The molecule has 1 heterocycles. The molecule has 0 aromatic heterocycles. The number of unbranched alkanes of at least 4 members (excludes halogenated alkanes) is 1. The molecule has 4 rings (SSSR count). The first-order valence-electron chi connectivity index (χ1n) is 13.0. The van der Waals surface area contributed by atoms with E-state index in [1.54, 1.807) is 14.2 Å². The number of nitrogens with one attached hydrogen (secondary N) is 1. The van der Waals surface area contributed by atoms with Gasteiger partial charge in [0.2, 0.25) is 5.91 Å².